The van der Waals surface area contributed by atoms with Crippen LogP contribution in [0.3, 0.4) is 0 Å². The Hall–Kier alpha value is -1.88. The van der Waals surface area contributed by atoms with Gasteiger partial charge in [-0.05, 0) is 48.8 Å². The van der Waals surface area contributed by atoms with Gasteiger partial charge in [0, 0.05) is 24.4 Å². The number of fused-ring (bicyclic) bond motifs is 1. The van der Waals surface area contributed by atoms with Gasteiger partial charge in [-0.25, -0.2) is 0 Å². The molecule has 23 heavy (non-hydrogen) atoms. The summed E-state index contributed by atoms with van der Waals surface area (Å²) < 4.78 is 5.75. The highest BCUT2D eigenvalue weighted by atomic mass is 16.5. The van der Waals surface area contributed by atoms with Crippen LogP contribution in [-0.2, 0) is 16.0 Å². The molecule has 3 rings (SSSR count). The molecule has 1 fully saturated rings. The van der Waals surface area contributed by atoms with Gasteiger partial charge in [0.15, 0.2) is 0 Å². The van der Waals surface area contributed by atoms with Gasteiger partial charge in [0.05, 0.1) is 0 Å². The lowest BCUT2D eigenvalue weighted by Gasteiger charge is -2.33. The number of hydrogen-bond donors (Lipinski definition) is 1. The summed E-state index contributed by atoms with van der Waals surface area (Å²) in [6.07, 6.45) is 2.16. The minimum Gasteiger partial charge on any atom is -0.368 e. The van der Waals surface area contributed by atoms with Crippen LogP contribution in [0.1, 0.15) is 42.6 Å². The van der Waals surface area contributed by atoms with Crippen molar-refractivity contribution < 1.29 is 14.3 Å². The lowest BCUT2D eigenvalue weighted by molar-refractivity contribution is -0.129. The van der Waals surface area contributed by atoms with Crippen molar-refractivity contribution in [3.05, 3.63) is 29.3 Å². The molecule has 5 nitrogen and oxygen atoms in total. The van der Waals surface area contributed by atoms with Gasteiger partial charge in [-0.3, -0.25) is 9.59 Å². The molecule has 0 aromatic heterocycles. The molecule has 2 N–H and O–H groups in total. The topological polar surface area (TPSA) is 72.6 Å². The van der Waals surface area contributed by atoms with E-state index in [1.54, 1.807) is 17.0 Å². The molecule has 124 valence electrons. The summed E-state index contributed by atoms with van der Waals surface area (Å²) >= 11 is 0. The molecule has 1 saturated heterocycles. The van der Waals surface area contributed by atoms with Gasteiger partial charge >= 0.3 is 0 Å². The van der Waals surface area contributed by atoms with Crippen LogP contribution in [0.5, 0.6) is 0 Å². The first-order valence-corrected chi connectivity index (χ1v) is 8.35. The highest BCUT2D eigenvalue weighted by Crippen LogP contribution is 2.34. The molecule has 0 unspecified atom stereocenters. The maximum absolute atomic E-state index is 13.0. The second-order valence-corrected chi connectivity index (χ2v) is 6.75. The molecule has 2 aliphatic heterocycles. The predicted molar refractivity (Wildman–Crippen MR) is 88.3 cm³/mol. The zero-order valence-corrected chi connectivity index (χ0v) is 13.7. The second-order valence-electron chi connectivity index (χ2n) is 6.75. The Labute approximate surface area is 136 Å². The van der Waals surface area contributed by atoms with Crippen LogP contribution in [0.2, 0.25) is 0 Å². The second kappa shape index (κ2) is 6.32. The first-order chi connectivity index (χ1) is 11.0. The van der Waals surface area contributed by atoms with Crippen LogP contribution in [0.4, 0.5) is 5.69 Å². The highest BCUT2D eigenvalue weighted by molar-refractivity contribution is 6.01. The van der Waals surface area contributed by atoms with Gasteiger partial charge in [-0.1, -0.05) is 19.9 Å². The summed E-state index contributed by atoms with van der Waals surface area (Å²) in [7, 11) is 0. The molecule has 2 heterocycles. The summed E-state index contributed by atoms with van der Waals surface area (Å²) in [5.41, 5.74) is 7.70. The van der Waals surface area contributed by atoms with Crippen molar-refractivity contribution in [3.8, 4) is 0 Å². The standard InChI is InChI=1S/C18H24N2O3/c1-11(2)12-8-10-23-16(12)18(22)20-9-4-6-13-14(17(19)21)5-3-7-15(13)20/h3,5,7,11-12,16H,4,6,8-10H2,1-2H3,(H2,19,21)/t12-,16-/m1/s1. The van der Waals surface area contributed by atoms with E-state index in [0.29, 0.717) is 24.6 Å². The Morgan fingerprint density at radius 2 is 2.13 bits per heavy atom. The Bertz CT molecular complexity index is 627. The van der Waals surface area contributed by atoms with Crippen molar-refractivity contribution in [2.75, 3.05) is 18.1 Å². The maximum atomic E-state index is 13.0. The van der Waals surface area contributed by atoms with Crippen molar-refractivity contribution in [2.24, 2.45) is 17.6 Å². The van der Waals surface area contributed by atoms with Crippen molar-refractivity contribution >= 4 is 17.5 Å². The first kappa shape index (κ1) is 16.0. The Balaban J connectivity index is 1.93. The summed E-state index contributed by atoms with van der Waals surface area (Å²) in [5, 5.41) is 0. The van der Waals surface area contributed by atoms with Crippen molar-refractivity contribution in [3.63, 3.8) is 0 Å². The molecule has 2 aliphatic rings. The number of primary amides is 1. The average Bonchev–Trinajstić information content (AvgIpc) is 3.02. The van der Waals surface area contributed by atoms with E-state index < -0.39 is 5.91 Å². The third-order valence-electron chi connectivity index (χ3n) is 5.02. The van der Waals surface area contributed by atoms with E-state index >= 15 is 0 Å². The van der Waals surface area contributed by atoms with Crippen molar-refractivity contribution in [1.29, 1.82) is 0 Å². The van der Waals surface area contributed by atoms with E-state index in [4.69, 9.17) is 10.5 Å². The predicted octanol–water partition coefficient (Wildman–Crippen LogP) is 2.13. The summed E-state index contributed by atoms with van der Waals surface area (Å²) in [5.74, 6) is 0.247. The molecular formula is C18H24N2O3. The largest absolute Gasteiger partial charge is 0.368 e. The maximum Gasteiger partial charge on any atom is 0.256 e. The number of nitrogens with zero attached hydrogens (tertiary/aromatic N) is 1. The van der Waals surface area contributed by atoms with Crippen LogP contribution in [0.25, 0.3) is 0 Å². The van der Waals surface area contributed by atoms with Crippen molar-refractivity contribution in [1.82, 2.24) is 0 Å². The molecule has 0 bridgehead atoms. The number of nitrogens with two attached hydrogens (primary N) is 1. The van der Waals surface area contributed by atoms with Gasteiger partial charge in [-0.15, -0.1) is 0 Å². The van der Waals surface area contributed by atoms with E-state index in [1.165, 1.54) is 0 Å². The average molecular weight is 316 g/mol. The van der Waals surface area contributed by atoms with Crippen LogP contribution in [-0.4, -0.2) is 31.1 Å². The molecule has 2 amide bonds. The molecule has 1 aromatic carbocycles. The molecule has 0 radical (unpaired) electrons. The van der Waals surface area contributed by atoms with Crippen LogP contribution >= 0.6 is 0 Å². The van der Waals surface area contributed by atoms with Gasteiger partial charge in [0.1, 0.15) is 6.10 Å². The van der Waals surface area contributed by atoms with E-state index in [-0.39, 0.29) is 17.9 Å². The summed E-state index contributed by atoms with van der Waals surface area (Å²) in [4.78, 5) is 26.5. The van der Waals surface area contributed by atoms with Crippen molar-refractivity contribution in [2.45, 2.75) is 39.2 Å². The quantitative estimate of drug-likeness (QED) is 0.928. The SMILES string of the molecule is CC(C)[C@H]1CCO[C@H]1C(=O)N1CCCc2c(C(N)=O)cccc21. The highest BCUT2D eigenvalue weighted by Gasteiger charge is 2.39. The fourth-order valence-corrected chi connectivity index (χ4v) is 3.78. The number of rotatable bonds is 3. The normalized spacial score (nSPS) is 23.9. The lowest BCUT2D eigenvalue weighted by Crippen LogP contribution is -2.45. The monoisotopic (exact) mass is 316 g/mol. The molecule has 0 aliphatic carbocycles. The molecule has 2 atom stereocenters. The van der Waals surface area contributed by atoms with E-state index in [0.717, 1.165) is 30.5 Å². The zero-order valence-electron chi connectivity index (χ0n) is 13.7. The Morgan fingerprint density at radius 1 is 1.35 bits per heavy atom. The molecule has 5 heteroatoms. The van der Waals surface area contributed by atoms with E-state index in [9.17, 15) is 9.59 Å². The molecular weight excluding hydrogens is 292 g/mol. The fraction of sp³-hybridized carbons (Fsp3) is 0.556. The number of carbonyl (C=O) groups excluding carboxylic acids is 2. The Kier molecular flexibility index (Phi) is 4.39. The van der Waals surface area contributed by atoms with Gasteiger partial charge in [-0.2, -0.15) is 0 Å². The number of amides is 2. The lowest BCUT2D eigenvalue weighted by atomic mass is 9.88. The van der Waals surface area contributed by atoms with Crippen LogP contribution in [0.15, 0.2) is 18.2 Å². The zero-order chi connectivity index (χ0) is 16.6. The van der Waals surface area contributed by atoms with Crippen LogP contribution in [0, 0.1) is 11.8 Å². The Morgan fingerprint density at radius 3 is 2.83 bits per heavy atom. The molecule has 0 spiro atoms. The third kappa shape index (κ3) is 2.85. The molecule has 1 aromatic rings. The summed E-state index contributed by atoms with van der Waals surface area (Å²) in [6, 6.07) is 5.43. The number of benzene rings is 1. The molecule has 0 saturated carbocycles. The number of ether oxygens (including phenoxy) is 1. The van der Waals surface area contributed by atoms with Crippen LogP contribution < -0.4 is 10.6 Å². The smallest absolute Gasteiger partial charge is 0.256 e. The number of carbonyl (C=O) groups is 2. The van der Waals surface area contributed by atoms with Gasteiger partial charge in [0.2, 0.25) is 5.91 Å². The first-order valence-electron chi connectivity index (χ1n) is 8.35. The minimum atomic E-state index is -0.437. The van der Waals surface area contributed by atoms with E-state index in [1.807, 2.05) is 6.07 Å². The van der Waals surface area contributed by atoms with E-state index in [2.05, 4.69) is 13.8 Å². The number of hydrogen-bond acceptors (Lipinski definition) is 3. The van der Waals surface area contributed by atoms with Gasteiger partial charge < -0.3 is 15.4 Å². The minimum absolute atomic E-state index is 0.0174. The number of anilines is 1. The van der Waals surface area contributed by atoms with Gasteiger partial charge in [0.25, 0.3) is 5.91 Å². The third-order valence-corrected chi connectivity index (χ3v) is 5.02. The summed E-state index contributed by atoms with van der Waals surface area (Å²) in [6.45, 7) is 5.57. The fourth-order valence-electron chi connectivity index (χ4n) is 3.78.